The van der Waals surface area contributed by atoms with Crippen LogP contribution in [-0.4, -0.2) is 23.7 Å². The molecule has 102 valence electrons. The second-order valence-electron chi connectivity index (χ2n) is 3.91. The van der Waals surface area contributed by atoms with Gasteiger partial charge >= 0.3 is 0 Å². The maximum absolute atomic E-state index is 11.8. The molecule has 5 heteroatoms. The number of ether oxygens (including phenoxy) is 1. The molecule has 0 fully saturated rings. The summed E-state index contributed by atoms with van der Waals surface area (Å²) in [4.78, 5) is 15.9. The Bertz CT molecular complexity index is 580. The fourth-order valence-corrected chi connectivity index (χ4v) is 1.54. The Morgan fingerprint density at radius 1 is 1.30 bits per heavy atom. The summed E-state index contributed by atoms with van der Waals surface area (Å²) in [6, 6.07) is 12.3. The zero-order valence-electron chi connectivity index (χ0n) is 11.1. The average Bonchev–Trinajstić information content (AvgIpc) is 2.49. The lowest BCUT2D eigenvalue weighted by molar-refractivity contribution is 0.0955. The van der Waals surface area contributed by atoms with E-state index in [0.717, 1.165) is 5.75 Å². The normalized spacial score (nSPS) is 10.4. The quantitative estimate of drug-likeness (QED) is 0.669. The molecule has 0 aliphatic carbocycles. The summed E-state index contributed by atoms with van der Waals surface area (Å²) < 4.78 is 5.31. The Labute approximate surface area is 117 Å². The molecule has 1 heterocycles. The van der Waals surface area contributed by atoms with E-state index in [4.69, 9.17) is 4.74 Å². The van der Waals surface area contributed by atoms with Crippen molar-refractivity contribution in [1.82, 2.24) is 10.4 Å². The van der Waals surface area contributed by atoms with Crippen LogP contribution in [0.15, 0.2) is 53.8 Å². The van der Waals surface area contributed by atoms with Gasteiger partial charge in [-0.1, -0.05) is 6.07 Å². The molecule has 0 unspecified atom stereocenters. The zero-order chi connectivity index (χ0) is 14.2. The maximum atomic E-state index is 11.8. The van der Waals surface area contributed by atoms with E-state index in [1.54, 1.807) is 36.5 Å². The van der Waals surface area contributed by atoms with Gasteiger partial charge in [-0.2, -0.15) is 5.10 Å². The Morgan fingerprint density at radius 3 is 2.75 bits per heavy atom. The molecule has 0 saturated heterocycles. The monoisotopic (exact) mass is 269 g/mol. The summed E-state index contributed by atoms with van der Waals surface area (Å²) in [5.41, 5.74) is 3.65. The summed E-state index contributed by atoms with van der Waals surface area (Å²) in [6.45, 7) is 2.51. The van der Waals surface area contributed by atoms with Crippen molar-refractivity contribution < 1.29 is 9.53 Å². The first kappa shape index (κ1) is 13.7. The Hall–Kier alpha value is -2.69. The number of hydrazone groups is 1. The first-order chi connectivity index (χ1) is 9.79. The fourth-order valence-electron chi connectivity index (χ4n) is 1.54. The number of nitrogens with zero attached hydrogens (tertiary/aromatic N) is 2. The van der Waals surface area contributed by atoms with Crippen molar-refractivity contribution in [3.05, 3.63) is 59.9 Å². The number of rotatable bonds is 5. The topological polar surface area (TPSA) is 63.6 Å². The van der Waals surface area contributed by atoms with E-state index in [9.17, 15) is 4.79 Å². The molecule has 5 nitrogen and oxygen atoms in total. The molecule has 0 bridgehead atoms. The van der Waals surface area contributed by atoms with Gasteiger partial charge in [0.2, 0.25) is 0 Å². The predicted molar refractivity (Wildman–Crippen MR) is 76.9 cm³/mol. The Kier molecular flexibility index (Phi) is 4.83. The second kappa shape index (κ2) is 7.04. The highest BCUT2D eigenvalue weighted by Crippen LogP contribution is 2.11. The summed E-state index contributed by atoms with van der Waals surface area (Å²) in [6.07, 6.45) is 3.15. The zero-order valence-corrected chi connectivity index (χ0v) is 11.1. The number of aromatic nitrogens is 1. The lowest BCUT2D eigenvalue weighted by Gasteiger charge is -2.03. The first-order valence-corrected chi connectivity index (χ1v) is 6.27. The lowest BCUT2D eigenvalue weighted by Crippen LogP contribution is -2.17. The van der Waals surface area contributed by atoms with Crippen LogP contribution >= 0.6 is 0 Å². The lowest BCUT2D eigenvalue weighted by atomic mass is 10.2. The van der Waals surface area contributed by atoms with Crippen LogP contribution < -0.4 is 10.2 Å². The maximum Gasteiger partial charge on any atom is 0.271 e. The molecule has 2 aromatic rings. The first-order valence-electron chi connectivity index (χ1n) is 6.27. The van der Waals surface area contributed by atoms with Crippen LogP contribution in [0.2, 0.25) is 0 Å². The van der Waals surface area contributed by atoms with Crippen molar-refractivity contribution in [2.45, 2.75) is 6.92 Å². The van der Waals surface area contributed by atoms with Crippen molar-refractivity contribution >= 4 is 12.1 Å². The van der Waals surface area contributed by atoms with E-state index < -0.39 is 0 Å². The van der Waals surface area contributed by atoms with Crippen LogP contribution in [0.3, 0.4) is 0 Å². The minimum absolute atomic E-state index is 0.278. The minimum atomic E-state index is -0.278. The van der Waals surface area contributed by atoms with Crippen LogP contribution in [-0.2, 0) is 0 Å². The van der Waals surface area contributed by atoms with E-state index in [0.29, 0.717) is 17.9 Å². The van der Waals surface area contributed by atoms with E-state index >= 15 is 0 Å². The van der Waals surface area contributed by atoms with Crippen LogP contribution in [0.5, 0.6) is 5.75 Å². The summed E-state index contributed by atoms with van der Waals surface area (Å²) >= 11 is 0. The second-order valence-corrected chi connectivity index (χ2v) is 3.91. The van der Waals surface area contributed by atoms with Gasteiger partial charge in [0.25, 0.3) is 5.91 Å². The number of benzene rings is 1. The smallest absolute Gasteiger partial charge is 0.271 e. The predicted octanol–water partition coefficient (Wildman–Crippen LogP) is 2.24. The molecule has 0 saturated carbocycles. The van der Waals surface area contributed by atoms with Crippen LogP contribution in [0.1, 0.15) is 23.0 Å². The molecule has 1 N–H and O–H groups in total. The van der Waals surface area contributed by atoms with E-state index in [2.05, 4.69) is 15.5 Å². The summed E-state index contributed by atoms with van der Waals surface area (Å²) in [5.74, 6) is 0.460. The molecule has 0 aliphatic heterocycles. The molecule has 20 heavy (non-hydrogen) atoms. The van der Waals surface area contributed by atoms with Crippen molar-refractivity contribution in [2.24, 2.45) is 5.10 Å². The Morgan fingerprint density at radius 2 is 2.10 bits per heavy atom. The third kappa shape index (κ3) is 3.91. The number of hydrogen-bond donors (Lipinski definition) is 1. The van der Waals surface area contributed by atoms with Crippen molar-refractivity contribution in [3.8, 4) is 5.75 Å². The van der Waals surface area contributed by atoms with Gasteiger partial charge in [0.05, 0.1) is 18.5 Å². The number of nitrogens with one attached hydrogen (secondary N) is 1. The number of hydrogen-bond acceptors (Lipinski definition) is 4. The third-order valence-corrected chi connectivity index (χ3v) is 2.48. The van der Waals surface area contributed by atoms with Gasteiger partial charge in [0, 0.05) is 11.8 Å². The molecular formula is C15H15N3O2. The van der Waals surface area contributed by atoms with Crippen molar-refractivity contribution in [2.75, 3.05) is 6.61 Å². The van der Waals surface area contributed by atoms with Gasteiger partial charge in [0.15, 0.2) is 0 Å². The average molecular weight is 269 g/mol. The van der Waals surface area contributed by atoms with Crippen LogP contribution in [0.25, 0.3) is 0 Å². The van der Waals surface area contributed by atoms with Crippen LogP contribution in [0, 0.1) is 0 Å². The number of carbonyl (C=O) groups is 1. The van der Waals surface area contributed by atoms with Gasteiger partial charge in [-0.05, 0) is 43.3 Å². The van der Waals surface area contributed by atoms with Crippen molar-refractivity contribution in [1.29, 1.82) is 0 Å². The third-order valence-electron chi connectivity index (χ3n) is 2.48. The SMILES string of the molecule is CCOc1ccc(C(=O)NN=Cc2ccccn2)cc1. The molecule has 1 aromatic carbocycles. The van der Waals surface area contributed by atoms with Gasteiger partial charge in [-0.15, -0.1) is 0 Å². The molecule has 0 radical (unpaired) electrons. The highest BCUT2D eigenvalue weighted by atomic mass is 16.5. The summed E-state index contributed by atoms with van der Waals surface area (Å²) in [5, 5.41) is 3.86. The molecule has 0 aliphatic rings. The molecule has 2 rings (SSSR count). The molecular weight excluding hydrogens is 254 g/mol. The number of pyridine rings is 1. The standard InChI is InChI=1S/C15H15N3O2/c1-2-20-14-8-6-12(7-9-14)15(19)18-17-11-13-5-3-4-10-16-13/h3-11H,2H2,1H3,(H,18,19). The highest BCUT2D eigenvalue weighted by molar-refractivity contribution is 5.94. The Balaban J connectivity index is 1.93. The van der Waals surface area contributed by atoms with Gasteiger partial charge < -0.3 is 4.74 Å². The molecule has 1 aromatic heterocycles. The van der Waals surface area contributed by atoms with Crippen molar-refractivity contribution in [3.63, 3.8) is 0 Å². The van der Waals surface area contributed by atoms with E-state index in [1.807, 2.05) is 19.1 Å². The van der Waals surface area contributed by atoms with E-state index in [1.165, 1.54) is 6.21 Å². The number of carbonyl (C=O) groups excluding carboxylic acids is 1. The number of amides is 1. The largest absolute Gasteiger partial charge is 0.494 e. The van der Waals surface area contributed by atoms with E-state index in [-0.39, 0.29) is 5.91 Å². The molecule has 0 spiro atoms. The van der Waals surface area contributed by atoms with Crippen LogP contribution in [0.4, 0.5) is 0 Å². The molecule has 0 atom stereocenters. The summed E-state index contributed by atoms with van der Waals surface area (Å²) in [7, 11) is 0. The minimum Gasteiger partial charge on any atom is -0.494 e. The molecule has 1 amide bonds. The highest BCUT2D eigenvalue weighted by Gasteiger charge is 2.03. The van der Waals surface area contributed by atoms with Gasteiger partial charge in [0.1, 0.15) is 5.75 Å². The fraction of sp³-hybridized carbons (Fsp3) is 0.133. The van der Waals surface area contributed by atoms with Gasteiger partial charge in [-0.25, -0.2) is 5.43 Å². The van der Waals surface area contributed by atoms with Gasteiger partial charge in [-0.3, -0.25) is 9.78 Å².